The lowest BCUT2D eigenvalue weighted by atomic mass is 9.84. The number of hydrogen-bond acceptors (Lipinski definition) is 8. The molecular formula is C31H32Cl2N4O6S. The number of esters is 1. The molecule has 3 aliphatic heterocycles. The Morgan fingerprint density at radius 3 is 2.68 bits per heavy atom. The summed E-state index contributed by atoms with van der Waals surface area (Å²) in [6.45, 7) is 6.89. The van der Waals surface area contributed by atoms with E-state index in [0.717, 1.165) is 39.8 Å². The van der Waals surface area contributed by atoms with Gasteiger partial charge in [0.25, 0.3) is 0 Å². The Kier molecular flexibility index (Phi) is 8.49. The number of rotatable bonds is 3. The second-order valence-electron chi connectivity index (χ2n) is 11.0. The van der Waals surface area contributed by atoms with Crippen molar-refractivity contribution in [2.24, 2.45) is 0 Å². The fourth-order valence-electron chi connectivity index (χ4n) is 5.85. The molecule has 0 radical (unpaired) electrons. The van der Waals surface area contributed by atoms with Gasteiger partial charge in [0.05, 0.1) is 29.7 Å². The van der Waals surface area contributed by atoms with E-state index in [9.17, 15) is 13.2 Å². The summed E-state index contributed by atoms with van der Waals surface area (Å²) in [6, 6.07) is 10.9. The molecule has 1 aromatic heterocycles. The van der Waals surface area contributed by atoms with E-state index in [1.807, 2.05) is 38.1 Å². The molecule has 4 aromatic rings. The molecule has 44 heavy (non-hydrogen) atoms. The van der Waals surface area contributed by atoms with E-state index in [2.05, 4.69) is 10.3 Å². The van der Waals surface area contributed by atoms with Crippen LogP contribution in [0.2, 0.25) is 10.0 Å². The van der Waals surface area contributed by atoms with E-state index >= 15 is 0 Å². The number of aryl methyl sites for hydroxylation is 3. The maximum Gasteiger partial charge on any atom is 0.385 e. The molecule has 0 aliphatic carbocycles. The van der Waals surface area contributed by atoms with Crippen LogP contribution in [0, 0.1) is 13.8 Å². The maximum atomic E-state index is 13.3. The third kappa shape index (κ3) is 5.74. The smallest absolute Gasteiger partial charge is 0.385 e. The fourth-order valence-corrected chi connectivity index (χ4v) is 7.50. The van der Waals surface area contributed by atoms with Crippen molar-refractivity contribution in [1.82, 2.24) is 19.3 Å². The van der Waals surface area contributed by atoms with Crippen LogP contribution in [0.1, 0.15) is 65.5 Å². The predicted octanol–water partition coefficient (Wildman–Crippen LogP) is 6.25. The summed E-state index contributed by atoms with van der Waals surface area (Å²) in [5, 5.41) is 9.67. The summed E-state index contributed by atoms with van der Waals surface area (Å²) in [7, 11) is -4.11. The second kappa shape index (κ2) is 12.2. The molecule has 0 saturated carbocycles. The van der Waals surface area contributed by atoms with Gasteiger partial charge in [0.15, 0.2) is 0 Å². The van der Waals surface area contributed by atoms with Gasteiger partial charge in [-0.2, -0.15) is 12.7 Å². The quantitative estimate of drug-likeness (QED) is 0.237. The van der Waals surface area contributed by atoms with Gasteiger partial charge in [-0.25, -0.2) is 4.68 Å². The van der Waals surface area contributed by atoms with Gasteiger partial charge < -0.3 is 13.7 Å². The summed E-state index contributed by atoms with van der Waals surface area (Å²) < 4.78 is 46.4. The third-order valence-corrected chi connectivity index (χ3v) is 10.2. The van der Waals surface area contributed by atoms with Crippen molar-refractivity contribution >= 4 is 50.5 Å². The molecule has 3 aromatic carbocycles. The van der Waals surface area contributed by atoms with Crippen LogP contribution in [-0.4, -0.2) is 46.9 Å². The number of hydrogen-bond donors (Lipinski definition) is 0. The SMILES string of the molecule is CCOC(=O)C[C@@H]1c2ccc(C)c(c2)CN2Cc3c(ccc(c3Cl)OCCCCn3nnc4c(C)c1cc(Cl)c43)OS2(=O)=O. The lowest BCUT2D eigenvalue weighted by Gasteiger charge is -2.29. The molecule has 7 rings (SSSR count). The predicted molar refractivity (Wildman–Crippen MR) is 167 cm³/mol. The van der Waals surface area contributed by atoms with Crippen LogP contribution in [0.3, 0.4) is 0 Å². The van der Waals surface area contributed by atoms with Crippen molar-refractivity contribution in [2.75, 3.05) is 13.2 Å². The molecule has 232 valence electrons. The number of carbonyl (C=O) groups excluding carboxylic acids is 1. The number of benzene rings is 3. The summed E-state index contributed by atoms with van der Waals surface area (Å²) in [6.07, 6.45) is 1.50. The highest BCUT2D eigenvalue weighted by Crippen LogP contribution is 2.41. The van der Waals surface area contributed by atoms with Crippen LogP contribution in [0.25, 0.3) is 11.0 Å². The lowest BCUT2D eigenvalue weighted by molar-refractivity contribution is -0.143. The molecule has 1 unspecified atom stereocenters. The van der Waals surface area contributed by atoms with E-state index < -0.39 is 16.2 Å². The average Bonchev–Trinajstić information content (AvgIpc) is 3.41. The average molecular weight is 660 g/mol. The first-order valence-electron chi connectivity index (χ1n) is 14.5. The minimum absolute atomic E-state index is 0.0150. The van der Waals surface area contributed by atoms with Crippen molar-refractivity contribution in [3.8, 4) is 11.5 Å². The molecule has 13 heteroatoms. The molecule has 4 heterocycles. The van der Waals surface area contributed by atoms with Crippen molar-refractivity contribution in [2.45, 2.75) is 65.6 Å². The Bertz CT molecular complexity index is 1880. The minimum Gasteiger partial charge on any atom is -0.492 e. The van der Waals surface area contributed by atoms with Gasteiger partial charge in [0.2, 0.25) is 0 Å². The molecule has 0 saturated heterocycles. The van der Waals surface area contributed by atoms with Crippen molar-refractivity contribution in [1.29, 1.82) is 0 Å². The molecule has 9 bridgehead atoms. The zero-order valence-corrected chi connectivity index (χ0v) is 26.9. The van der Waals surface area contributed by atoms with Gasteiger partial charge in [-0.3, -0.25) is 4.79 Å². The van der Waals surface area contributed by atoms with E-state index in [-0.39, 0.29) is 37.8 Å². The van der Waals surface area contributed by atoms with E-state index in [1.54, 1.807) is 23.7 Å². The van der Waals surface area contributed by atoms with Gasteiger partial charge in [-0.15, -0.1) is 5.10 Å². The van der Waals surface area contributed by atoms with Gasteiger partial charge in [0.1, 0.15) is 22.5 Å². The van der Waals surface area contributed by atoms with Crippen LogP contribution in [-0.2, 0) is 39.5 Å². The minimum atomic E-state index is -4.11. The largest absolute Gasteiger partial charge is 0.492 e. The molecule has 0 N–H and O–H groups in total. The van der Waals surface area contributed by atoms with Gasteiger partial charge in [0, 0.05) is 31.1 Å². The molecule has 0 fully saturated rings. The highest BCUT2D eigenvalue weighted by molar-refractivity contribution is 7.84. The van der Waals surface area contributed by atoms with E-state index in [4.69, 9.17) is 36.9 Å². The first-order chi connectivity index (χ1) is 21.1. The number of ether oxygens (including phenoxy) is 2. The monoisotopic (exact) mass is 658 g/mol. The number of aromatic nitrogens is 3. The summed E-state index contributed by atoms with van der Waals surface area (Å²) in [5.41, 5.74) is 6.05. The zero-order valence-electron chi connectivity index (χ0n) is 24.6. The molecule has 3 aliphatic rings. The Hall–Kier alpha value is -3.38. The first-order valence-corrected chi connectivity index (χ1v) is 16.6. The van der Waals surface area contributed by atoms with E-state index in [0.29, 0.717) is 46.4 Å². The summed E-state index contributed by atoms with van der Waals surface area (Å²) in [4.78, 5) is 12.9. The molecule has 0 amide bonds. The standard InChI is InChI=1S/C31H32Cl2N4O6S/c1-4-41-28(38)15-23-20-8-7-18(2)21(13-20)16-36-17-24-26(43-44(36,39)40)9-10-27(29(24)33)42-12-6-5-11-37-31-25(32)14-22(23)19(3)30(31)34-35-37/h7-10,13-14,23H,4-6,11-12,15-17H2,1-3H3/t23-/m1/s1. The number of fused-ring (bicyclic) bond motifs is 5. The number of carbonyl (C=O) groups is 1. The van der Waals surface area contributed by atoms with Crippen LogP contribution in [0.4, 0.5) is 0 Å². The van der Waals surface area contributed by atoms with Crippen LogP contribution >= 0.6 is 23.2 Å². The highest BCUT2D eigenvalue weighted by atomic mass is 35.5. The Morgan fingerprint density at radius 2 is 1.89 bits per heavy atom. The molecule has 0 spiro atoms. The van der Waals surface area contributed by atoms with Gasteiger partial charge in [-0.05, 0) is 79.6 Å². The number of nitrogens with zero attached hydrogens (tertiary/aromatic N) is 4. The van der Waals surface area contributed by atoms with Gasteiger partial charge >= 0.3 is 16.3 Å². The third-order valence-electron chi connectivity index (χ3n) is 8.24. The summed E-state index contributed by atoms with van der Waals surface area (Å²) >= 11 is 13.6. The fraction of sp³-hybridized carbons (Fsp3) is 0.387. The maximum absolute atomic E-state index is 13.3. The van der Waals surface area contributed by atoms with Crippen molar-refractivity contribution in [3.63, 3.8) is 0 Å². The number of halogens is 2. The van der Waals surface area contributed by atoms with Crippen LogP contribution in [0.15, 0.2) is 36.4 Å². The molecule has 2 atom stereocenters. The van der Waals surface area contributed by atoms with Crippen LogP contribution in [0.5, 0.6) is 11.5 Å². The Balaban J connectivity index is 1.50. The normalized spacial score (nSPS) is 19.5. The zero-order chi connectivity index (χ0) is 31.2. The Labute approximate surface area is 266 Å². The highest BCUT2D eigenvalue weighted by Gasteiger charge is 2.34. The lowest BCUT2D eigenvalue weighted by Crippen LogP contribution is -2.37. The van der Waals surface area contributed by atoms with Crippen molar-refractivity contribution < 1.29 is 26.9 Å². The van der Waals surface area contributed by atoms with Gasteiger partial charge in [-0.1, -0.05) is 46.6 Å². The second-order valence-corrected chi connectivity index (χ2v) is 13.4. The van der Waals surface area contributed by atoms with Crippen molar-refractivity contribution in [3.05, 3.63) is 79.8 Å². The molecule has 10 nitrogen and oxygen atoms in total. The van der Waals surface area contributed by atoms with E-state index in [1.165, 1.54) is 4.31 Å². The molecular weight excluding hydrogens is 627 g/mol. The summed E-state index contributed by atoms with van der Waals surface area (Å²) in [5.74, 6) is -0.147. The topological polar surface area (TPSA) is 113 Å². The first kappa shape index (κ1) is 30.6. The Morgan fingerprint density at radius 1 is 1.09 bits per heavy atom. The van der Waals surface area contributed by atoms with Crippen LogP contribution < -0.4 is 8.92 Å².